The second-order valence-electron chi connectivity index (χ2n) is 1.87. The Labute approximate surface area is 51.8 Å². The summed E-state index contributed by atoms with van der Waals surface area (Å²) in [5, 5.41) is 0. The largest absolute Gasteiger partial charge is 0.391 e. The van der Waals surface area contributed by atoms with E-state index in [0.29, 0.717) is 0 Å². The standard InChI is InChI=1S/C5H9F3O/c1-4(9-2)3-5(6,7)8/h4H,3H2,1-2H3. The van der Waals surface area contributed by atoms with E-state index >= 15 is 0 Å². The molecule has 0 saturated carbocycles. The molecule has 0 rings (SSSR count). The molecule has 1 nitrogen and oxygen atoms in total. The molecule has 0 amide bonds. The summed E-state index contributed by atoms with van der Waals surface area (Å²) in [4.78, 5) is 0. The van der Waals surface area contributed by atoms with E-state index in [9.17, 15) is 13.2 Å². The molecule has 0 spiro atoms. The number of ether oxygens (including phenoxy) is 1. The van der Waals surface area contributed by atoms with Crippen LogP contribution in [0.25, 0.3) is 0 Å². The Kier molecular flexibility index (Phi) is 2.97. The Bertz CT molecular complexity index is 78.8. The summed E-state index contributed by atoms with van der Waals surface area (Å²) in [6.07, 6.45) is -5.70. The summed E-state index contributed by atoms with van der Waals surface area (Å²) in [6, 6.07) is 0. The molecule has 4 heteroatoms. The molecule has 0 aliphatic heterocycles. The third-order valence-electron chi connectivity index (χ3n) is 0.921. The van der Waals surface area contributed by atoms with Crippen molar-refractivity contribution in [3.05, 3.63) is 0 Å². The molecule has 0 aliphatic carbocycles. The average Bonchev–Trinajstić information content (AvgIpc) is 1.62. The molecular formula is C5H9F3O. The van der Waals surface area contributed by atoms with Gasteiger partial charge in [0.25, 0.3) is 0 Å². The predicted molar refractivity (Wildman–Crippen MR) is 27.1 cm³/mol. The first-order valence-electron chi connectivity index (χ1n) is 2.55. The fourth-order valence-electron chi connectivity index (χ4n) is 0.409. The summed E-state index contributed by atoms with van der Waals surface area (Å²) >= 11 is 0. The Balaban J connectivity index is 3.47. The highest BCUT2D eigenvalue weighted by molar-refractivity contribution is 4.56. The number of alkyl halides is 3. The fourth-order valence-corrected chi connectivity index (χ4v) is 0.409. The molecule has 0 saturated heterocycles. The average molecular weight is 142 g/mol. The second kappa shape index (κ2) is 3.06. The lowest BCUT2D eigenvalue weighted by molar-refractivity contribution is -0.154. The van der Waals surface area contributed by atoms with Gasteiger partial charge in [-0.25, -0.2) is 0 Å². The molecular weight excluding hydrogens is 133 g/mol. The molecule has 1 unspecified atom stereocenters. The van der Waals surface area contributed by atoms with E-state index in [0.717, 1.165) is 0 Å². The van der Waals surface area contributed by atoms with Crippen LogP contribution in [0, 0.1) is 0 Å². The third-order valence-corrected chi connectivity index (χ3v) is 0.921. The van der Waals surface area contributed by atoms with Gasteiger partial charge in [-0.05, 0) is 6.92 Å². The first-order chi connectivity index (χ1) is 3.95. The van der Waals surface area contributed by atoms with Crippen LogP contribution in [-0.4, -0.2) is 19.4 Å². The first kappa shape index (κ1) is 8.75. The van der Waals surface area contributed by atoms with E-state index in [-0.39, 0.29) is 0 Å². The molecule has 0 aromatic carbocycles. The smallest absolute Gasteiger partial charge is 0.381 e. The van der Waals surface area contributed by atoms with Gasteiger partial charge in [-0.2, -0.15) is 13.2 Å². The van der Waals surface area contributed by atoms with Gasteiger partial charge in [-0.15, -0.1) is 0 Å². The highest BCUT2D eigenvalue weighted by Crippen LogP contribution is 2.21. The van der Waals surface area contributed by atoms with Crippen molar-refractivity contribution in [1.29, 1.82) is 0 Å². The Morgan fingerprint density at radius 1 is 1.44 bits per heavy atom. The van der Waals surface area contributed by atoms with Crippen LogP contribution in [0.1, 0.15) is 13.3 Å². The van der Waals surface area contributed by atoms with Crippen molar-refractivity contribution < 1.29 is 17.9 Å². The summed E-state index contributed by atoms with van der Waals surface area (Å²) in [5.41, 5.74) is 0. The molecule has 0 N–H and O–H groups in total. The van der Waals surface area contributed by atoms with Crippen molar-refractivity contribution in [2.24, 2.45) is 0 Å². The Hall–Kier alpha value is -0.250. The van der Waals surface area contributed by atoms with E-state index < -0.39 is 18.7 Å². The summed E-state index contributed by atoms with van der Waals surface area (Å²) in [7, 11) is 1.26. The van der Waals surface area contributed by atoms with Crippen LogP contribution >= 0.6 is 0 Å². The predicted octanol–water partition coefficient (Wildman–Crippen LogP) is 1.97. The lowest BCUT2D eigenvalue weighted by atomic mass is 10.3. The topological polar surface area (TPSA) is 9.23 Å². The van der Waals surface area contributed by atoms with E-state index in [2.05, 4.69) is 4.74 Å². The van der Waals surface area contributed by atoms with E-state index in [1.165, 1.54) is 14.0 Å². The van der Waals surface area contributed by atoms with Crippen LogP contribution in [-0.2, 0) is 4.74 Å². The van der Waals surface area contributed by atoms with Crippen LogP contribution in [0.15, 0.2) is 0 Å². The minimum atomic E-state index is -4.10. The maximum absolute atomic E-state index is 11.4. The summed E-state index contributed by atoms with van der Waals surface area (Å²) in [6.45, 7) is 1.38. The van der Waals surface area contributed by atoms with E-state index in [1.54, 1.807) is 0 Å². The van der Waals surface area contributed by atoms with Crippen LogP contribution < -0.4 is 0 Å². The molecule has 0 aromatic rings. The van der Waals surface area contributed by atoms with Crippen molar-refractivity contribution in [2.45, 2.75) is 25.6 Å². The lowest BCUT2D eigenvalue weighted by Gasteiger charge is -2.11. The summed E-state index contributed by atoms with van der Waals surface area (Å²) in [5.74, 6) is 0. The van der Waals surface area contributed by atoms with Crippen molar-refractivity contribution in [2.75, 3.05) is 7.11 Å². The molecule has 9 heavy (non-hydrogen) atoms. The summed E-state index contributed by atoms with van der Waals surface area (Å²) < 4.78 is 38.6. The van der Waals surface area contributed by atoms with Gasteiger partial charge in [0.05, 0.1) is 12.5 Å². The molecule has 0 heterocycles. The number of hydrogen-bond acceptors (Lipinski definition) is 1. The first-order valence-corrected chi connectivity index (χ1v) is 2.55. The van der Waals surface area contributed by atoms with Crippen molar-refractivity contribution >= 4 is 0 Å². The van der Waals surface area contributed by atoms with Crippen molar-refractivity contribution in [1.82, 2.24) is 0 Å². The van der Waals surface area contributed by atoms with Crippen molar-refractivity contribution in [3.63, 3.8) is 0 Å². The van der Waals surface area contributed by atoms with Gasteiger partial charge < -0.3 is 4.74 Å². The van der Waals surface area contributed by atoms with E-state index in [1.807, 2.05) is 0 Å². The maximum atomic E-state index is 11.4. The molecule has 0 bridgehead atoms. The molecule has 56 valence electrons. The molecule has 0 fully saturated rings. The minimum absolute atomic E-state index is 0.731. The van der Waals surface area contributed by atoms with Gasteiger partial charge in [-0.3, -0.25) is 0 Å². The minimum Gasteiger partial charge on any atom is -0.381 e. The van der Waals surface area contributed by atoms with Gasteiger partial charge in [0, 0.05) is 7.11 Å². The highest BCUT2D eigenvalue weighted by atomic mass is 19.4. The van der Waals surface area contributed by atoms with Crippen LogP contribution in [0.5, 0.6) is 0 Å². The quantitative estimate of drug-likeness (QED) is 0.572. The zero-order valence-electron chi connectivity index (χ0n) is 5.33. The number of methoxy groups -OCH3 is 1. The lowest BCUT2D eigenvalue weighted by Crippen LogP contribution is -2.17. The van der Waals surface area contributed by atoms with Crippen LogP contribution in [0.3, 0.4) is 0 Å². The molecule has 0 aromatic heterocycles. The van der Waals surface area contributed by atoms with Gasteiger partial charge in [-0.1, -0.05) is 0 Å². The normalized spacial score (nSPS) is 15.7. The molecule has 0 aliphatic rings. The third kappa shape index (κ3) is 5.62. The van der Waals surface area contributed by atoms with Crippen LogP contribution in [0.4, 0.5) is 13.2 Å². The van der Waals surface area contributed by atoms with Gasteiger partial charge in [0.15, 0.2) is 0 Å². The second-order valence-corrected chi connectivity index (χ2v) is 1.87. The Morgan fingerprint density at radius 2 is 1.89 bits per heavy atom. The highest BCUT2D eigenvalue weighted by Gasteiger charge is 2.29. The fraction of sp³-hybridized carbons (Fsp3) is 1.00. The van der Waals surface area contributed by atoms with Gasteiger partial charge in [0.2, 0.25) is 0 Å². The van der Waals surface area contributed by atoms with E-state index in [4.69, 9.17) is 0 Å². The number of rotatable bonds is 2. The van der Waals surface area contributed by atoms with Gasteiger partial charge >= 0.3 is 6.18 Å². The molecule has 1 atom stereocenters. The zero-order valence-corrected chi connectivity index (χ0v) is 5.33. The number of hydrogen-bond donors (Lipinski definition) is 0. The van der Waals surface area contributed by atoms with Crippen LogP contribution in [0.2, 0.25) is 0 Å². The zero-order chi connectivity index (χ0) is 7.49. The maximum Gasteiger partial charge on any atom is 0.391 e. The molecule has 0 radical (unpaired) electrons. The SMILES string of the molecule is COC(C)CC(F)(F)F. The monoisotopic (exact) mass is 142 g/mol. The van der Waals surface area contributed by atoms with Gasteiger partial charge in [0.1, 0.15) is 0 Å². The van der Waals surface area contributed by atoms with Crippen molar-refractivity contribution in [3.8, 4) is 0 Å². The number of halogens is 3. The Morgan fingerprint density at radius 3 is 2.00 bits per heavy atom.